The van der Waals surface area contributed by atoms with Crippen molar-refractivity contribution in [3.63, 3.8) is 0 Å². The number of esters is 3. The van der Waals surface area contributed by atoms with Crippen molar-refractivity contribution in [3.05, 3.63) is 85.1 Å². The number of carbonyl (C=O) groups excluding carboxylic acids is 3. The van der Waals surface area contributed by atoms with Crippen molar-refractivity contribution >= 4 is 17.9 Å². The molecule has 0 saturated carbocycles. The van der Waals surface area contributed by atoms with Gasteiger partial charge in [0.25, 0.3) is 0 Å². The second-order valence-electron chi connectivity index (χ2n) is 19.2. The lowest BCUT2D eigenvalue weighted by Gasteiger charge is -2.18. The fourth-order valence-corrected chi connectivity index (χ4v) is 8.05. The Morgan fingerprint density at radius 3 is 0.971 bits per heavy atom. The zero-order valence-electron chi connectivity index (χ0n) is 45.3. The highest BCUT2D eigenvalue weighted by Gasteiger charge is 2.19. The molecular weight excluding hydrogens is 853 g/mol. The highest BCUT2D eigenvalue weighted by molar-refractivity contribution is 5.71. The van der Waals surface area contributed by atoms with Crippen molar-refractivity contribution in [1.29, 1.82) is 0 Å². The zero-order chi connectivity index (χ0) is 50.0. The first-order chi connectivity index (χ1) is 34.0. The summed E-state index contributed by atoms with van der Waals surface area (Å²) in [6, 6.07) is 0. The molecule has 0 aliphatic heterocycles. The topological polar surface area (TPSA) is 78.9 Å². The molecule has 396 valence electrons. The summed E-state index contributed by atoms with van der Waals surface area (Å²) in [5.41, 5.74) is 0. The standard InChI is InChI=1S/C63H108O6/c1-4-7-10-13-16-19-22-25-27-29-31-33-34-36-38-41-44-47-50-53-56-62(65)68-59-60(58-67-61(64)55-52-49-46-43-40-24-21-18-15-12-9-6-3)69-63(66)57-54-51-48-45-42-39-37-35-32-30-28-26-23-20-17-14-11-8-5-2/h8,11,17-18,20-21,26,28,32,35,39,42,48,51,60H,4-7,9-10,12-16,19,22-25,27,29-31,33-34,36-38,40-41,43-47,49-50,52-59H2,1-3H3/b11-8-,20-17-,21-18-,28-26-,35-32-,42-39-,51-48-. The number of allylic oxidation sites excluding steroid dienone is 14. The van der Waals surface area contributed by atoms with Crippen LogP contribution in [0.1, 0.15) is 278 Å². The molecule has 0 fully saturated rings. The van der Waals surface area contributed by atoms with Gasteiger partial charge in [0.1, 0.15) is 13.2 Å². The molecule has 0 N–H and O–H groups in total. The molecular formula is C63H108O6. The molecule has 0 spiro atoms. The first-order valence-corrected chi connectivity index (χ1v) is 29.1. The van der Waals surface area contributed by atoms with Crippen LogP contribution in [-0.2, 0) is 28.6 Å². The quantitative estimate of drug-likeness (QED) is 0.0262. The third-order valence-electron chi connectivity index (χ3n) is 12.4. The lowest BCUT2D eigenvalue weighted by atomic mass is 10.0. The minimum Gasteiger partial charge on any atom is -0.462 e. The first kappa shape index (κ1) is 65.6. The minimum atomic E-state index is -0.819. The summed E-state index contributed by atoms with van der Waals surface area (Å²) in [4.78, 5) is 38.1. The van der Waals surface area contributed by atoms with E-state index in [0.29, 0.717) is 19.3 Å². The summed E-state index contributed by atoms with van der Waals surface area (Å²) in [7, 11) is 0. The van der Waals surface area contributed by atoms with Gasteiger partial charge < -0.3 is 14.2 Å². The van der Waals surface area contributed by atoms with E-state index < -0.39 is 12.1 Å². The Bertz CT molecular complexity index is 1330. The Morgan fingerprint density at radius 1 is 0.304 bits per heavy atom. The second kappa shape index (κ2) is 57.2. The number of ether oxygens (including phenoxy) is 3. The molecule has 0 saturated heterocycles. The number of hydrogen-bond donors (Lipinski definition) is 0. The largest absolute Gasteiger partial charge is 0.462 e. The molecule has 1 unspecified atom stereocenters. The maximum Gasteiger partial charge on any atom is 0.306 e. The number of hydrogen-bond acceptors (Lipinski definition) is 6. The van der Waals surface area contributed by atoms with Crippen LogP contribution in [0.4, 0.5) is 0 Å². The summed E-state index contributed by atoms with van der Waals surface area (Å²) in [6.45, 7) is 6.45. The van der Waals surface area contributed by atoms with Crippen LogP contribution in [0.3, 0.4) is 0 Å². The Labute approximate surface area is 426 Å². The third-order valence-corrected chi connectivity index (χ3v) is 12.4. The summed E-state index contributed by atoms with van der Waals surface area (Å²) < 4.78 is 16.8. The molecule has 0 radical (unpaired) electrons. The van der Waals surface area contributed by atoms with Crippen molar-refractivity contribution in [2.45, 2.75) is 284 Å². The molecule has 0 amide bonds. The van der Waals surface area contributed by atoms with Crippen LogP contribution in [-0.4, -0.2) is 37.2 Å². The lowest BCUT2D eigenvalue weighted by molar-refractivity contribution is -0.166. The average molecular weight is 962 g/mol. The molecule has 6 nitrogen and oxygen atoms in total. The van der Waals surface area contributed by atoms with Crippen LogP contribution >= 0.6 is 0 Å². The monoisotopic (exact) mass is 961 g/mol. The van der Waals surface area contributed by atoms with E-state index >= 15 is 0 Å². The van der Waals surface area contributed by atoms with Crippen molar-refractivity contribution in [3.8, 4) is 0 Å². The minimum absolute atomic E-state index is 0.107. The molecule has 69 heavy (non-hydrogen) atoms. The maximum absolute atomic E-state index is 12.8. The third kappa shape index (κ3) is 55.4. The van der Waals surface area contributed by atoms with Crippen LogP contribution in [0.25, 0.3) is 0 Å². The van der Waals surface area contributed by atoms with Gasteiger partial charge >= 0.3 is 17.9 Å². The van der Waals surface area contributed by atoms with Crippen molar-refractivity contribution in [1.82, 2.24) is 0 Å². The summed E-state index contributed by atoms with van der Waals surface area (Å²) in [5, 5.41) is 0. The first-order valence-electron chi connectivity index (χ1n) is 29.1. The van der Waals surface area contributed by atoms with Gasteiger partial charge in [-0.15, -0.1) is 0 Å². The van der Waals surface area contributed by atoms with Crippen LogP contribution in [0.5, 0.6) is 0 Å². The summed E-state index contributed by atoms with van der Waals surface area (Å²) >= 11 is 0. The molecule has 0 aromatic heterocycles. The fourth-order valence-electron chi connectivity index (χ4n) is 8.05. The number of rotatable bonds is 52. The molecule has 0 aromatic rings. The van der Waals surface area contributed by atoms with Crippen LogP contribution in [0.15, 0.2) is 85.1 Å². The van der Waals surface area contributed by atoms with Gasteiger partial charge in [0, 0.05) is 19.3 Å². The molecule has 6 heteroatoms. The van der Waals surface area contributed by atoms with Gasteiger partial charge in [-0.05, 0) is 83.5 Å². The van der Waals surface area contributed by atoms with Crippen molar-refractivity contribution in [2.75, 3.05) is 13.2 Å². The summed E-state index contributed by atoms with van der Waals surface area (Å²) in [5.74, 6) is -0.994. The number of carbonyl (C=O) groups is 3. The van der Waals surface area contributed by atoms with Gasteiger partial charge in [0.15, 0.2) is 6.10 Å². The van der Waals surface area contributed by atoms with Crippen molar-refractivity contribution < 1.29 is 28.6 Å². The van der Waals surface area contributed by atoms with E-state index in [-0.39, 0.29) is 31.6 Å². The van der Waals surface area contributed by atoms with E-state index in [4.69, 9.17) is 14.2 Å². The van der Waals surface area contributed by atoms with Crippen LogP contribution in [0.2, 0.25) is 0 Å². The van der Waals surface area contributed by atoms with E-state index in [0.717, 1.165) is 89.9 Å². The number of unbranched alkanes of at least 4 members (excludes halogenated alkanes) is 27. The van der Waals surface area contributed by atoms with Crippen LogP contribution in [0, 0.1) is 0 Å². The zero-order valence-corrected chi connectivity index (χ0v) is 45.3. The maximum atomic E-state index is 12.8. The SMILES string of the molecule is CC/C=C\C/C=C\C/C=C\C/C=C\C/C=C\C/C=C\CCC(=O)OC(COC(=O)CCCCCCC/C=C\CCCCC)COC(=O)CCCCCCCCCCCCCCCCCCCCCC. The lowest BCUT2D eigenvalue weighted by Crippen LogP contribution is -2.30. The normalized spacial score (nSPS) is 12.7. The molecule has 0 heterocycles. The molecule has 0 rings (SSSR count). The van der Waals surface area contributed by atoms with Gasteiger partial charge in [0.05, 0.1) is 0 Å². The van der Waals surface area contributed by atoms with Gasteiger partial charge in [0.2, 0.25) is 0 Å². The highest BCUT2D eigenvalue weighted by Crippen LogP contribution is 2.16. The fraction of sp³-hybridized carbons (Fsp3) is 0.730. The van der Waals surface area contributed by atoms with Gasteiger partial charge in [-0.1, -0.05) is 260 Å². The van der Waals surface area contributed by atoms with E-state index in [1.54, 1.807) is 0 Å². The Morgan fingerprint density at radius 2 is 0.594 bits per heavy atom. The highest BCUT2D eigenvalue weighted by atomic mass is 16.6. The van der Waals surface area contributed by atoms with Gasteiger partial charge in [-0.2, -0.15) is 0 Å². The Hall–Kier alpha value is -3.41. The molecule has 0 aromatic carbocycles. The second-order valence-corrected chi connectivity index (χ2v) is 19.2. The van der Waals surface area contributed by atoms with E-state index in [9.17, 15) is 14.4 Å². The predicted octanol–water partition coefficient (Wildman–Crippen LogP) is 19.5. The molecule has 0 aliphatic carbocycles. The molecule has 0 bridgehead atoms. The molecule has 0 aliphatic rings. The Kier molecular flexibility index (Phi) is 54.3. The predicted molar refractivity (Wildman–Crippen MR) is 297 cm³/mol. The van der Waals surface area contributed by atoms with Gasteiger partial charge in [-0.3, -0.25) is 14.4 Å². The van der Waals surface area contributed by atoms with Crippen LogP contribution < -0.4 is 0 Å². The van der Waals surface area contributed by atoms with E-state index in [1.165, 1.54) is 141 Å². The van der Waals surface area contributed by atoms with Gasteiger partial charge in [-0.25, -0.2) is 0 Å². The summed E-state index contributed by atoms with van der Waals surface area (Å²) in [6.07, 6.45) is 74.5. The Balaban J connectivity index is 4.43. The smallest absolute Gasteiger partial charge is 0.306 e. The van der Waals surface area contributed by atoms with E-state index in [2.05, 4.69) is 99.8 Å². The average Bonchev–Trinajstić information content (AvgIpc) is 3.35. The molecule has 1 atom stereocenters. The van der Waals surface area contributed by atoms with E-state index in [1.807, 2.05) is 6.08 Å². The van der Waals surface area contributed by atoms with Crippen molar-refractivity contribution in [2.24, 2.45) is 0 Å².